The summed E-state index contributed by atoms with van der Waals surface area (Å²) in [6, 6.07) is 5.97. The van der Waals surface area contributed by atoms with Gasteiger partial charge in [-0.05, 0) is 24.3 Å². The summed E-state index contributed by atoms with van der Waals surface area (Å²) < 4.78 is 21.0. The molecule has 0 aliphatic carbocycles. The first-order chi connectivity index (χ1) is 12.9. The second kappa shape index (κ2) is 6.94. The predicted molar refractivity (Wildman–Crippen MR) is 96.1 cm³/mol. The van der Waals surface area contributed by atoms with E-state index in [-0.39, 0.29) is 30.2 Å². The zero-order valence-corrected chi connectivity index (χ0v) is 15.1. The molecule has 0 spiro atoms. The van der Waals surface area contributed by atoms with Gasteiger partial charge < -0.3 is 19.3 Å². The van der Waals surface area contributed by atoms with E-state index in [1.54, 1.807) is 28.6 Å². The zero-order chi connectivity index (χ0) is 19.1. The number of halogens is 1. The van der Waals surface area contributed by atoms with Crippen LogP contribution in [0.25, 0.3) is 10.9 Å². The molecule has 1 aromatic carbocycles. The summed E-state index contributed by atoms with van der Waals surface area (Å²) in [4.78, 5) is 28.1. The fourth-order valence-electron chi connectivity index (χ4n) is 4.18. The molecule has 1 N–H and O–H groups in total. The number of rotatable bonds is 3. The average Bonchev–Trinajstić information content (AvgIpc) is 2.73. The second-order valence-electron chi connectivity index (χ2n) is 7.39. The molecule has 4 rings (SSSR count). The van der Waals surface area contributed by atoms with Crippen LogP contribution < -0.4 is 0 Å². The minimum Gasteiger partial charge on any atom is -0.480 e. The molecule has 7 nitrogen and oxygen atoms in total. The largest absolute Gasteiger partial charge is 0.480 e. The van der Waals surface area contributed by atoms with Crippen LogP contribution in [0.2, 0.25) is 0 Å². The predicted octanol–water partition coefficient (Wildman–Crippen LogP) is 1.17. The maximum absolute atomic E-state index is 13.5. The highest BCUT2D eigenvalue weighted by molar-refractivity contribution is 5.99. The van der Waals surface area contributed by atoms with Crippen molar-refractivity contribution in [3.05, 3.63) is 35.8 Å². The first kappa shape index (κ1) is 17.9. The lowest BCUT2D eigenvalue weighted by Crippen LogP contribution is -2.47. The third-order valence-corrected chi connectivity index (χ3v) is 5.39. The highest BCUT2D eigenvalue weighted by Gasteiger charge is 2.37. The highest BCUT2D eigenvalue weighted by atomic mass is 19.1. The number of amides is 1. The molecule has 2 aliphatic rings. The van der Waals surface area contributed by atoms with Crippen molar-refractivity contribution in [2.45, 2.75) is 6.04 Å². The van der Waals surface area contributed by atoms with E-state index in [1.807, 2.05) is 4.90 Å². The molecule has 1 amide bonds. The molecule has 8 heteroatoms. The third kappa shape index (κ3) is 3.42. The quantitative estimate of drug-likeness (QED) is 0.872. The van der Waals surface area contributed by atoms with Gasteiger partial charge in [0.15, 0.2) is 0 Å². The van der Waals surface area contributed by atoms with Crippen LogP contribution >= 0.6 is 0 Å². The molecule has 3 heterocycles. The molecule has 1 aromatic heterocycles. The van der Waals surface area contributed by atoms with Gasteiger partial charge in [0.05, 0.1) is 25.8 Å². The van der Waals surface area contributed by atoms with Crippen molar-refractivity contribution in [1.82, 2.24) is 14.4 Å². The van der Waals surface area contributed by atoms with E-state index in [9.17, 15) is 14.0 Å². The van der Waals surface area contributed by atoms with E-state index in [2.05, 4.69) is 0 Å². The van der Waals surface area contributed by atoms with Crippen molar-refractivity contribution in [3.8, 4) is 0 Å². The fourth-order valence-corrected chi connectivity index (χ4v) is 4.18. The number of nitrogens with zero attached hydrogens (tertiary/aromatic N) is 3. The second-order valence-corrected chi connectivity index (χ2v) is 7.39. The lowest BCUT2D eigenvalue weighted by atomic mass is 10.1. The van der Waals surface area contributed by atoms with Crippen LogP contribution in [0.1, 0.15) is 10.5 Å². The van der Waals surface area contributed by atoms with Crippen molar-refractivity contribution in [1.29, 1.82) is 0 Å². The van der Waals surface area contributed by atoms with Gasteiger partial charge in [-0.15, -0.1) is 0 Å². The molecular formula is C19H22FN3O4. The number of carbonyl (C=O) groups excluding carboxylic acids is 1. The van der Waals surface area contributed by atoms with Crippen LogP contribution in [0.5, 0.6) is 0 Å². The Hall–Kier alpha value is -2.45. The first-order valence-corrected chi connectivity index (χ1v) is 9.00. The number of benzene rings is 1. The number of carboxylic acid groups (broad SMARTS) is 1. The standard InChI is InChI=1S/C19H22FN3O4/c1-21-16-3-2-14(20)4-13(16)5-17(21)19(26)23-7-12-6-22(9-18(24)25)8-15(23)11-27-10-12/h2-5,12,15H,6-11H2,1H3,(H,24,25)/t12-,15-/m0/s1. The Kier molecular flexibility index (Phi) is 4.61. The van der Waals surface area contributed by atoms with Gasteiger partial charge in [0.1, 0.15) is 11.5 Å². The molecule has 2 bridgehead atoms. The van der Waals surface area contributed by atoms with Crippen LogP contribution in [0, 0.1) is 11.7 Å². The number of carboxylic acids is 1. The van der Waals surface area contributed by atoms with Gasteiger partial charge >= 0.3 is 5.97 Å². The Balaban J connectivity index is 1.65. The van der Waals surface area contributed by atoms with E-state index in [1.165, 1.54) is 12.1 Å². The Morgan fingerprint density at radius 3 is 2.81 bits per heavy atom. The van der Waals surface area contributed by atoms with Crippen LogP contribution in [-0.2, 0) is 16.6 Å². The summed E-state index contributed by atoms with van der Waals surface area (Å²) in [7, 11) is 1.80. The summed E-state index contributed by atoms with van der Waals surface area (Å²) >= 11 is 0. The van der Waals surface area contributed by atoms with Crippen molar-refractivity contribution < 1.29 is 23.8 Å². The smallest absolute Gasteiger partial charge is 0.317 e. The summed E-state index contributed by atoms with van der Waals surface area (Å²) in [6.45, 7) is 2.44. The lowest BCUT2D eigenvalue weighted by molar-refractivity contribution is -0.138. The molecule has 27 heavy (non-hydrogen) atoms. The maximum Gasteiger partial charge on any atom is 0.317 e. The van der Waals surface area contributed by atoms with Crippen molar-refractivity contribution in [2.75, 3.05) is 39.4 Å². The Morgan fingerprint density at radius 2 is 2.04 bits per heavy atom. The van der Waals surface area contributed by atoms with Gasteiger partial charge in [0.2, 0.25) is 0 Å². The molecular weight excluding hydrogens is 353 g/mol. The van der Waals surface area contributed by atoms with Gasteiger partial charge in [0.25, 0.3) is 5.91 Å². The summed E-state index contributed by atoms with van der Waals surface area (Å²) in [5, 5.41) is 9.81. The van der Waals surface area contributed by atoms with E-state index in [4.69, 9.17) is 9.84 Å². The molecule has 0 unspecified atom stereocenters. The average molecular weight is 375 g/mol. The molecule has 0 saturated carbocycles. The molecule has 144 valence electrons. The van der Waals surface area contributed by atoms with Gasteiger partial charge in [-0.3, -0.25) is 14.5 Å². The van der Waals surface area contributed by atoms with Crippen molar-refractivity contribution in [2.24, 2.45) is 13.0 Å². The Morgan fingerprint density at radius 1 is 1.22 bits per heavy atom. The fraction of sp³-hybridized carbons (Fsp3) is 0.474. The van der Waals surface area contributed by atoms with Crippen LogP contribution in [-0.4, -0.2) is 76.8 Å². The molecule has 2 fully saturated rings. The van der Waals surface area contributed by atoms with E-state index in [0.29, 0.717) is 43.9 Å². The minimum atomic E-state index is -0.871. The number of aliphatic carboxylic acids is 1. The van der Waals surface area contributed by atoms with E-state index in [0.717, 1.165) is 5.52 Å². The maximum atomic E-state index is 13.5. The van der Waals surface area contributed by atoms with Gasteiger partial charge in [-0.2, -0.15) is 0 Å². The number of aromatic nitrogens is 1. The number of carbonyl (C=O) groups is 2. The van der Waals surface area contributed by atoms with E-state index < -0.39 is 5.97 Å². The number of ether oxygens (including phenoxy) is 1. The number of fused-ring (bicyclic) bond motifs is 4. The first-order valence-electron chi connectivity index (χ1n) is 9.00. The molecule has 2 atom stereocenters. The third-order valence-electron chi connectivity index (χ3n) is 5.39. The zero-order valence-electron chi connectivity index (χ0n) is 15.1. The Bertz CT molecular complexity index is 896. The van der Waals surface area contributed by atoms with Gasteiger partial charge in [-0.25, -0.2) is 4.39 Å². The lowest BCUT2D eigenvalue weighted by Gasteiger charge is -2.30. The van der Waals surface area contributed by atoms with E-state index >= 15 is 0 Å². The number of aryl methyl sites for hydroxylation is 1. The topological polar surface area (TPSA) is 75.0 Å². The number of hydrogen-bond donors (Lipinski definition) is 1. The van der Waals surface area contributed by atoms with Gasteiger partial charge in [-0.1, -0.05) is 0 Å². The van der Waals surface area contributed by atoms with Gasteiger partial charge in [0, 0.05) is 43.5 Å². The SMILES string of the molecule is Cn1c(C(=O)N2C[C@H]3COC[C@@H]2CN(CC(=O)O)C3)cc2cc(F)ccc21. The Labute approximate surface area is 155 Å². The van der Waals surface area contributed by atoms with Crippen molar-refractivity contribution >= 4 is 22.8 Å². The molecule has 2 aromatic rings. The summed E-state index contributed by atoms with van der Waals surface area (Å²) in [6.07, 6.45) is 0. The monoisotopic (exact) mass is 375 g/mol. The summed E-state index contributed by atoms with van der Waals surface area (Å²) in [5.74, 6) is -1.28. The molecule has 2 aliphatic heterocycles. The van der Waals surface area contributed by atoms with Crippen LogP contribution in [0.4, 0.5) is 4.39 Å². The molecule has 0 radical (unpaired) electrons. The van der Waals surface area contributed by atoms with Crippen LogP contribution in [0.3, 0.4) is 0 Å². The molecule has 2 saturated heterocycles. The highest BCUT2D eigenvalue weighted by Crippen LogP contribution is 2.25. The summed E-state index contributed by atoms with van der Waals surface area (Å²) in [5.41, 5.74) is 1.29. The number of hydrogen-bond acceptors (Lipinski definition) is 4. The minimum absolute atomic E-state index is 0.0393. The normalized spacial score (nSPS) is 23.4. The van der Waals surface area contributed by atoms with Crippen molar-refractivity contribution in [3.63, 3.8) is 0 Å². The van der Waals surface area contributed by atoms with Crippen LogP contribution in [0.15, 0.2) is 24.3 Å².